The fourth-order valence-electron chi connectivity index (χ4n) is 3.03. The van der Waals surface area contributed by atoms with E-state index in [0.717, 1.165) is 21.2 Å². The Labute approximate surface area is 175 Å². The maximum Gasteiger partial charge on any atom is 0.203 e. The third kappa shape index (κ3) is 3.52. The van der Waals surface area contributed by atoms with Crippen molar-refractivity contribution in [2.75, 3.05) is 21.3 Å². The Bertz CT molecular complexity index is 1160. The summed E-state index contributed by atoms with van der Waals surface area (Å²) >= 11 is 3.17. The minimum absolute atomic E-state index is 0.174. The number of allylic oxidation sites excluding steroid dienone is 1. The molecule has 0 spiro atoms. The molecule has 0 aliphatic carbocycles. The summed E-state index contributed by atoms with van der Waals surface area (Å²) in [5.74, 6) is 1.15. The van der Waals surface area contributed by atoms with Crippen LogP contribution < -0.4 is 14.2 Å². The number of thiazole rings is 1. The minimum atomic E-state index is -0.174. The van der Waals surface area contributed by atoms with Crippen LogP contribution in [0, 0.1) is 0 Å². The predicted molar refractivity (Wildman–Crippen MR) is 116 cm³/mol. The maximum absolute atomic E-state index is 12.9. The molecule has 0 aliphatic rings. The average Bonchev–Trinajstić information content (AvgIpc) is 3.48. The predicted octanol–water partition coefficient (Wildman–Crippen LogP) is 5.05. The summed E-state index contributed by atoms with van der Waals surface area (Å²) in [6, 6.07) is 7.30. The van der Waals surface area contributed by atoms with Crippen LogP contribution in [0.25, 0.3) is 21.6 Å². The topological polar surface area (TPSA) is 62.1 Å². The standard InChI is InChI=1S/C21H18N2O4S2/c1-25-16-11-13(12-17(26-2)20(16)27-3)15(24)7-6-14-19(18-5-4-9-28-18)22-21-23(14)8-10-29-21/h4-12H,1-3H3/b7-6+. The molecule has 0 fully saturated rings. The van der Waals surface area contributed by atoms with Crippen molar-refractivity contribution in [3.8, 4) is 27.8 Å². The van der Waals surface area contributed by atoms with Gasteiger partial charge in [-0.3, -0.25) is 9.20 Å². The van der Waals surface area contributed by atoms with E-state index in [-0.39, 0.29) is 5.78 Å². The molecule has 3 aromatic heterocycles. The maximum atomic E-state index is 12.9. The molecule has 0 radical (unpaired) electrons. The zero-order chi connectivity index (χ0) is 20.4. The molecule has 0 saturated heterocycles. The molecule has 4 aromatic rings. The van der Waals surface area contributed by atoms with Crippen molar-refractivity contribution < 1.29 is 19.0 Å². The van der Waals surface area contributed by atoms with Crippen LogP contribution in [-0.4, -0.2) is 36.5 Å². The van der Waals surface area contributed by atoms with E-state index < -0.39 is 0 Å². The first-order valence-corrected chi connectivity index (χ1v) is 10.4. The number of hydrogen-bond donors (Lipinski definition) is 0. The molecule has 0 bridgehead atoms. The smallest absolute Gasteiger partial charge is 0.203 e. The van der Waals surface area contributed by atoms with Crippen LogP contribution >= 0.6 is 22.7 Å². The lowest BCUT2D eigenvalue weighted by molar-refractivity contribution is 0.104. The van der Waals surface area contributed by atoms with Crippen LogP contribution in [-0.2, 0) is 0 Å². The van der Waals surface area contributed by atoms with Gasteiger partial charge in [0, 0.05) is 17.1 Å². The van der Waals surface area contributed by atoms with Crippen LogP contribution in [0.3, 0.4) is 0 Å². The highest BCUT2D eigenvalue weighted by atomic mass is 32.1. The summed E-state index contributed by atoms with van der Waals surface area (Å²) < 4.78 is 18.0. The van der Waals surface area contributed by atoms with E-state index in [1.54, 1.807) is 47.0 Å². The Morgan fingerprint density at radius 1 is 1.07 bits per heavy atom. The van der Waals surface area contributed by atoms with Crippen molar-refractivity contribution in [1.29, 1.82) is 0 Å². The number of fused-ring (bicyclic) bond motifs is 1. The van der Waals surface area contributed by atoms with E-state index in [0.29, 0.717) is 22.8 Å². The molecule has 0 N–H and O–H groups in total. The molecule has 0 unspecified atom stereocenters. The highest BCUT2D eigenvalue weighted by Gasteiger charge is 2.17. The summed E-state index contributed by atoms with van der Waals surface area (Å²) in [5.41, 5.74) is 2.17. The van der Waals surface area contributed by atoms with Crippen LogP contribution in [0.4, 0.5) is 0 Å². The normalized spacial score (nSPS) is 11.3. The number of methoxy groups -OCH3 is 3. The second-order valence-electron chi connectivity index (χ2n) is 5.99. The summed E-state index contributed by atoms with van der Waals surface area (Å²) in [5, 5.41) is 3.98. The second-order valence-corrected chi connectivity index (χ2v) is 7.81. The van der Waals surface area contributed by atoms with Gasteiger partial charge in [0.2, 0.25) is 5.75 Å². The van der Waals surface area contributed by atoms with Gasteiger partial charge < -0.3 is 14.2 Å². The number of thiophene rings is 1. The average molecular weight is 427 g/mol. The molecule has 0 saturated carbocycles. The molecule has 3 heterocycles. The van der Waals surface area contributed by atoms with Gasteiger partial charge in [0.25, 0.3) is 0 Å². The fraction of sp³-hybridized carbons (Fsp3) is 0.143. The van der Waals surface area contributed by atoms with E-state index in [4.69, 9.17) is 19.2 Å². The Balaban J connectivity index is 1.73. The van der Waals surface area contributed by atoms with Crippen LogP contribution in [0.15, 0.2) is 47.3 Å². The first-order valence-electron chi connectivity index (χ1n) is 8.68. The molecule has 0 aliphatic heterocycles. The van der Waals surface area contributed by atoms with Gasteiger partial charge in [-0.2, -0.15) is 0 Å². The molecule has 0 atom stereocenters. The van der Waals surface area contributed by atoms with E-state index in [9.17, 15) is 4.79 Å². The number of carbonyl (C=O) groups excluding carboxylic acids is 1. The van der Waals surface area contributed by atoms with Crippen molar-refractivity contribution in [3.05, 3.63) is 58.6 Å². The van der Waals surface area contributed by atoms with Gasteiger partial charge in [0.15, 0.2) is 22.2 Å². The molecule has 29 heavy (non-hydrogen) atoms. The third-order valence-corrected chi connectivity index (χ3v) is 6.03. The fourth-order valence-corrected chi connectivity index (χ4v) is 4.48. The van der Waals surface area contributed by atoms with Gasteiger partial charge in [-0.05, 0) is 35.7 Å². The van der Waals surface area contributed by atoms with E-state index >= 15 is 0 Å². The quantitative estimate of drug-likeness (QED) is 0.306. The Morgan fingerprint density at radius 3 is 2.45 bits per heavy atom. The first-order chi connectivity index (χ1) is 14.2. The lowest BCUT2D eigenvalue weighted by Crippen LogP contribution is -2.00. The molecule has 1 aromatic carbocycles. The molecule has 6 nitrogen and oxygen atoms in total. The molecular weight excluding hydrogens is 408 g/mol. The van der Waals surface area contributed by atoms with Crippen LogP contribution in [0.1, 0.15) is 16.1 Å². The number of hydrogen-bond acceptors (Lipinski definition) is 7. The van der Waals surface area contributed by atoms with Crippen molar-refractivity contribution in [1.82, 2.24) is 9.38 Å². The highest BCUT2D eigenvalue weighted by molar-refractivity contribution is 7.15. The Kier molecular flexibility index (Phi) is 5.37. The molecular formula is C21H18N2O4S2. The van der Waals surface area contributed by atoms with Crippen molar-refractivity contribution in [2.24, 2.45) is 0 Å². The van der Waals surface area contributed by atoms with Crippen molar-refractivity contribution >= 4 is 39.5 Å². The number of imidazole rings is 1. The van der Waals surface area contributed by atoms with E-state index in [1.807, 2.05) is 33.5 Å². The zero-order valence-electron chi connectivity index (χ0n) is 16.0. The molecule has 0 amide bonds. The Hall–Kier alpha value is -3.10. The second kappa shape index (κ2) is 8.10. The van der Waals surface area contributed by atoms with Crippen molar-refractivity contribution in [3.63, 3.8) is 0 Å². The van der Waals surface area contributed by atoms with Gasteiger partial charge in [-0.25, -0.2) is 4.98 Å². The summed E-state index contributed by atoms with van der Waals surface area (Å²) in [6.07, 6.45) is 5.29. The summed E-state index contributed by atoms with van der Waals surface area (Å²) in [4.78, 5) is 19.5. The Morgan fingerprint density at radius 2 is 1.83 bits per heavy atom. The van der Waals surface area contributed by atoms with Gasteiger partial charge in [-0.15, -0.1) is 22.7 Å². The largest absolute Gasteiger partial charge is 0.493 e. The van der Waals surface area contributed by atoms with Gasteiger partial charge >= 0.3 is 0 Å². The van der Waals surface area contributed by atoms with Gasteiger partial charge in [-0.1, -0.05) is 6.07 Å². The third-order valence-electron chi connectivity index (χ3n) is 4.40. The number of carbonyl (C=O) groups is 1. The highest BCUT2D eigenvalue weighted by Crippen LogP contribution is 2.38. The van der Waals surface area contributed by atoms with Gasteiger partial charge in [0.1, 0.15) is 5.69 Å². The summed E-state index contributed by atoms with van der Waals surface area (Å²) in [6.45, 7) is 0. The molecule has 4 rings (SSSR count). The lowest BCUT2D eigenvalue weighted by atomic mass is 10.1. The van der Waals surface area contributed by atoms with Crippen LogP contribution in [0.5, 0.6) is 17.2 Å². The number of ether oxygens (including phenoxy) is 3. The van der Waals surface area contributed by atoms with E-state index in [1.165, 1.54) is 21.3 Å². The molecule has 148 valence electrons. The van der Waals surface area contributed by atoms with E-state index in [2.05, 4.69) is 0 Å². The lowest BCUT2D eigenvalue weighted by Gasteiger charge is -2.13. The minimum Gasteiger partial charge on any atom is -0.493 e. The number of ketones is 1. The monoisotopic (exact) mass is 426 g/mol. The number of rotatable bonds is 7. The SMILES string of the molecule is COc1cc(C(=O)/C=C/c2c(-c3cccs3)nc3sccn23)cc(OC)c1OC. The van der Waals surface area contributed by atoms with Crippen molar-refractivity contribution in [2.45, 2.75) is 0 Å². The van der Waals surface area contributed by atoms with Gasteiger partial charge in [0.05, 0.1) is 31.9 Å². The summed E-state index contributed by atoms with van der Waals surface area (Å²) in [7, 11) is 4.57. The van der Waals surface area contributed by atoms with Crippen LogP contribution in [0.2, 0.25) is 0 Å². The first kappa shape index (κ1) is 19.2. The molecule has 8 heteroatoms. The number of nitrogens with zero attached hydrogens (tertiary/aromatic N) is 2. The number of benzene rings is 1. The zero-order valence-corrected chi connectivity index (χ0v) is 17.7. The number of aromatic nitrogens is 2.